The molecule has 0 unspecified atom stereocenters. The Hall–Kier alpha value is -1.64. The van der Waals surface area contributed by atoms with Crippen molar-refractivity contribution in [1.29, 1.82) is 0 Å². The topological polar surface area (TPSA) is 43.4 Å². The standard InChI is InChI=1S/C9H18O2.C9H12O/c1-7(10)11-9(5,6)8(2,3)4;1-4-6-9(7-5-2)8(3)10/h1-6H3;4-7H,1H2,2-3H3/b;7-5-,9-6+. The smallest absolute Gasteiger partial charge is 0.303 e. The van der Waals surface area contributed by atoms with Gasteiger partial charge in [0.25, 0.3) is 0 Å². The highest BCUT2D eigenvalue weighted by Crippen LogP contribution is 2.32. The molecule has 21 heavy (non-hydrogen) atoms. The van der Waals surface area contributed by atoms with E-state index in [1.165, 1.54) is 13.8 Å². The highest BCUT2D eigenvalue weighted by Gasteiger charge is 2.35. The van der Waals surface area contributed by atoms with Gasteiger partial charge >= 0.3 is 5.97 Å². The van der Waals surface area contributed by atoms with Crippen molar-refractivity contribution in [2.45, 2.75) is 61.0 Å². The molecule has 0 rings (SSSR count). The number of carbonyl (C=O) groups excluding carboxylic acids is 2. The molecule has 0 atom stereocenters. The predicted molar refractivity (Wildman–Crippen MR) is 89.1 cm³/mol. The van der Waals surface area contributed by atoms with Crippen molar-refractivity contribution in [2.24, 2.45) is 5.41 Å². The van der Waals surface area contributed by atoms with E-state index in [4.69, 9.17) is 4.74 Å². The van der Waals surface area contributed by atoms with Gasteiger partial charge in [-0.3, -0.25) is 9.59 Å². The number of ether oxygens (including phenoxy) is 1. The summed E-state index contributed by atoms with van der Waals surface area (Å²) < 4.78 is 5.16. The third-order valence-corrected chi connectivity index (χ3v) is 3.26. The first kappa shape index (κ1) is 21.7. The molecule has 0 fully saturated rings. The minimum absolute atomic E-state index is 0.0152. The number of esters is 1. The van der Waals surface area contributed by atoms with Crippen LogP contribution in [-0.2, 0) is 14.3 Å². The Morgan fingerprint density at radius 3 is 1.71 bits per heavy atom. The molecular weight excluding hydrogens is 264 g/mol. The van der Waals surface area contributed by atoms with Crippen LogP contribution >= 0.6 is 0 Å². The number of rotatable bonds is 4. The van der Waals surface area contributed by atoms with Crippen molar-refractivity contribution in [2.75, 3.05) is 0 Å². The average molecular weight is 294 g/mol. The van der Waals surface area contributed by atoms with Crippen molar-refractivity contribution < 1.29 is 14.3 Å². The van der Waals surface area contributed by atoms with Crippen LogP contribution in [0.4, 0.5) is 0 Å². The summed E-state index contributed by atoms with van der Waals surface area (Å²) in [6.07, 6.45) is 6.90. The zero-order valence-corrected chi connectivity index (χ0v) is 14.7. The van der Waals surface area contributed by atoms with Crippen LogP contribution in [0.25, 0.3) is 0 Å². The second kappa shape index (κ2) is 9.32. The molecule has 0 saturated heterocycles. The largest absolute Gasteiger partial charge is 0.459 e. The van der Waals surface area contributed by atoms with E-state index in [-0.39, 0.29) is 17.2 Å². The van der Waals surface area contributed by atoms with Gasteiger partial charge in [0.1, 0.15) is 5.60 Å². The van der Waals surface area contributed by atoms with E-state index in [1.54, 1.807) is 18.2 Å². The first-order valence-corrected chi connectivity index (χ1v) is 7.05. The van der Waals surface area contributed by atoms with Crippen LogP contribution in [0.5, 0.6) is 0 Å². The van der Waals surface area contributed by atoms with Gasteiger partial charge in [-0.1, -0.05) is 51.7 Å². The first-order chi connectivity index (χ1) is 9.39. The van der Waals surface area contributed by atoms with Crippen molar-refractivity contribution in [3.63, 3.8) is 0 Å². The zero-order chi connectivity index (χ0) is 17.3. The van der Waals surface area contributed by atoms with Crippen LogP contribution in [-0.4, -0.2) is 17.4 Å². The number of hydrogen-bond donors (Lipinski definition) is 0. The number of ketones is 1. The Labute approximate surface area is 129 Å². The monoisotopic (exact) mass is 294 g/mol. The lowest BCUT2D eigenvalue weighted by molar-refractivity contribution is -0.164. The van der Waals surface area contributed by atoms with E-state index in [9.17, 15) is 9.59 Å². The van der Waals surface area contributed by atoms with E-state index >= 15 is 0 Å². The van der Waals surface area contributed by atoms with Crippen molar-refractivity contribution in [3.05, 3.63) is 36.5 Å². The van der Waals surface area contributed by atoms with Crippen LogP contribution < -0.4 is 0 Å². The lowest BCUT2D eigenvalue weighted by Gasteiger charge is -2.37. The minimum atomic E-state index is -0.390. The summed E-state index contributed by atoms with van der Waals surface area (Å²) in [7, 11) is 0. The predicted octanol–water partition coefficient (Wildman–Crippen LogP) is 4.64. The Morgan fingerprint density at radius 1 is 1.05 bits per heavy atom. The molecule has 0 aromatic heterocycles. The molecule has 0 N–H and O–H groups in total. The molecule has 0 aromatic rings. The molecule has 0 aliphatic carbocycles. The third kappa shape index (κ3) is 9.83. The minimum Gasteiger partial charge on any atom is -0.459 e. The maximum absolute atomic E-state index is 10.8. The lowest BCUT2D eigenvalue weighted by Crippen LogP contribution is -2.40. The van der Waals surface area contributed by atoms with Crippen LogP contribution in [0.3, 0.4) is 0 Å². The highest BCUT2D eigenvalue weighted by atomic mass is 16.6. The molecule has 3 nitrogen and oxygen atoms in total. The Balaban J connectivity index is 0. The van der Waals surface area contributed by atoms with Gasteiger partial charge in [0.05, 0.1) is 0 Å². The fraction of sp³-hybridized carbons (Fsp3) is 0.556. The van der Waals surface area contributed by atoms with E-state index in [2.05, 4.69) is 27.4 Å². The van der Waals surface area contributed by atoms with E-state index in [0.717, 1.165) is 0 Å². The summed E-state index contributed by atoms with van der Waals surface area (Å²) >= 11 is 0. The van der Waals surface area contributed by atoms with Crippen molar-refractivity contribution >= 4 is 11.8 Å². The lowest BCUT2D eigenvalue weighted by atomic mass is 9.79. The van der Waals surface area contributed by atoms with Crippen molar-refractivity contribution in [1.82, 2.24) is 0 Å². The van der Waals surface area contributed by atoms with Crippen LogP contribution in [0.2, 0.25) is 0 Å². The van der Waals surface area contributed by atoms with Gasteiger partial charge in [-0.15, -0.1) is 0 Å². The fourth-order valence-corrected chi connectivity index (χ4v) is 1.11. The second-order valence-electron chi connectivity index (χ2n) is 6.27. The normalized spacial score (nSPS) is 12.5. The molecular formula is C18H30O3. The summed E-state index contributed by atoms with van der Waals surface area (Å²) in [6.45, 7) is 18.4. The Bertz CT molecular complexity index is 418. The summed E-state index contributed by atoms with van der Waals surface area (Å²) in [4.78, 5) is 21.4. The van der Waals surface area contributed by atoms with Gasteiger partial charge in [-0.05, 0) is 27.7 Å². The van der Waals surface area contributed by atoms with E-state index in [1.807, 2.05) is 26.8 Å². The van der Waals surface area contributed by atoms with E-state index in [0.29, 0.717) is 5.57 Å². The highest BCUT2D eigenvalue weighted by molar-refractivity contribution is 5.96. The maximum atomic E-state index is 10.8. The quantitative estimate of drug-likeness (QED) is 0.431. The molecule has 0 aromatic carbocycles. The SMILES string of the molecule is C=C/C=C(\C=C/C)C(C)=O.CC(=O)OC(C)(C)C(C)(C)C. The third-order valence-electron chi connectivity index (χ3n) is 3.26. The van der Waals surface area contributed by atoms with Crippen LogP contribution in [0.1, 0.15) is 55.4 Å². The second-order valence-corrected chi connectivity index (χ2v) is 6.27. The first-order valence-electron chi connectivity index (χ1n) is 7.05. The number of Topliss-reactive ketones (excluding diaryl/α,β-unsaturated/α-hetero) is 1. The molecule has 0 heterocycles. The Kier molecular flexibility index (Phi) is 9.62. The van der Waals surface area contributed by atoms with Gasteiger partial charge < -0.3 is 4.74 Å². The molecule has 0 spiro atoms. The molecule has 0 bridgehead atoms. The molecule has 3 heteroatoms. The van der Waals surface area contributed by atoms with E-state index < -0.39 is 5.60 Å². The van der Waals surface area contributed by atoms with Gasteiger partial charge in [0.15, 0.2) is 5.78 Å². The zero-order valence-electron chi connectivity index (χ0n) is 14.7. The van der Waals surface area contributed by atoms with Gasteiger partial charge in [0, 0.05) is 17.9 Å². The molecule has 120 valence electrons. The summed E-state index contributed by atoms with van der Waals surface area (Å²) in [5.74, 6) is -0.150. The molecule has 0 radical (unpaired) electrons. The maximum Gasteiger partial charge on any atom is 0.303 e. The summed E-state index contributed by atoms with van der Waals surface area (Å²) in [5, 5.41) is 0. The molecule has 0 aliphatic heterocycles. The van der Waals surface area contributed by atoms with Gasteiger partial charge in [-0.2, -0.15) is 0 Å². The summed E-state index contributed by atoms with van der Waals surface area (Å²) in [5.41, 5.74) is 0.287. The number of allylic oxidation sites excluding steroid dienone is 5. The van der Waals surface area contributed by atoms with Gasteiger partial charge in [0.2, 0.25) is 0 Å². The average Bonchev–Trinajstić information content (AvgIpc) is 2.26. The van der Waals surface area contributed by atoms with Crippen LogP contribution in [0.15, 0.2) is 36.5 Å². The molecule has 0 aliphatic rings. The molecule has 0 saturated carbocycles. The summed E-state index contributed by atoms with van der Waals surface area (Å²) in [6, 6.07) is 0. The number of carbonyl (C=O) groups is 2. The van der Waals surface area contributed by atoms with Gasteiger partial charge in [-0.25, -0.2) is 0 Å². The van der Waals surface area contributed by atoms with Crippen molar-refractivity contribution in [3.8, 4) is 0 Å². The Morgan fingerprint density at radius 2 is 1.52 bits per heavy atom. The fourth-order valence-electron chi connectivity index (χ4n) is 1.11. The van der Waals surface area contributed by atoms with Crippen LogP contribution in [0, 0.1) is 5.41 Å². The molecule has 0 amide bonds. The number of hydrogen-bond acceptors (Lipinski definition) is 3.